The Morgan fingerprint density at radius 3 is 2.62 bits per heavy atom. The van der Waals surface area contributed by atoms with Crippen molar-refractivity contribution >= 4 is 11.8 Å². The van der Waals surface area contributed by atoms with Gasteiger partial charge in [0.2, 0.25) is 0 Å². The molecule has 0 spiro atoms. The summed E-state index contributed by atoms with van der Waals surface area (Å²) in [6, 6.07) is 8.70. The SMILES string of the molecule is CCc1cc(F)c(OCc2c(C)cccc2NC(=O)OC)cc1C. The minimum Gasteiger partial charge on any atom is -0.486 e. The second-order valence-corrected chi connectivity index (χ2v) is 5.57. The van der Waals surface area contributed by atoms with Gasteiger partial charge < -0.3 is 9.47 Å². The zero-order valence-corrected chi connectivity index (χ0v) is 14.4. The molecule has 0 bridgehead atoms. The lowest BCUT2D eigenvalue weighted by Crippen LogP contribution is -2.14. The Kier molecular flexibility index (Phi) is 5.79. The number of carbonyl (C=O) groups excluding carboxylic acids is 1. The quantitative estimate of drug-likeness (QED) is 0.859. The molecule has 2 rings (SSSR count). The summed E-state index contributed by atoms with van der Waals surface area (Å²) in [6.07, 6.45) is 0.213. The maximum atomic E-state index is 14.2. The van der Waals surface area contributed by atoms with Crippen LogP contribution in [-0.4, -0.2) is 13.2 Å². The summed E-state index contributed by atoms with van der Waals surface area (Å²) in [6.45, 7) is 5.97. The van der Waals surface area contributed by atoms with Crippen LogP contribution in [0.4, 0.5) is 14.9 Å². The van der Waals surface area contributed by atoms with Crippen molar-refractivity contribution < 1.29 is 18.7 Å². The third-order valence-corrected chi connectivity index (χ3v) is 3.98. The van der Waals surface area contributed by atoms with Gasteiger partial charge in [-0.1, -0.05) is 19.1 Å². The highest BCUT2D eigenvalue weighted by Crippen LogP contribution is 2.26. The summed E-state index contributed by atoms with van der Waals surface area (Å²) < 4.78 is 24.5. The molecule has 1 amide bonds. The Labute approximate surface area is 141 Å². The predicted octanol–water partition coefficient (Wildman–Crippen LogP) is 4.76. The average molecular weight is 331 g/mol. The number of halogens is 1. The van der Waals surface area contributed by atoms with E-state index < -0.39 is 6.09 Å². The monoisotopic (exact) mass is 331 g/mol. The van der Waals surface area contributed by atoms with Gasteiger partial charge in [0.05, 0.1) is 12.8 Å². The Hall–Kier alpha value is -2.56. The largest absolute Gasteiger partial charge is 0.486 e. The van der Waals surface area contributed by atoms with Crippen LogP contribution in [0, 0.1) is 19.7 Å². The van der Waals surface area contributed by atoms with E-state index >= 15 is 0 Å². The van der Waals surface area contributed by atoms with Gasteiger partial charge in [-0.05, 0) is 55.2 Å². The molecule has 2 aromatic rings. The van der Waals surface area contributed by atoms with Gasteiger partial charge in [-0.25, -0.2) is 9.18 Å². The Balaban J connectivity index is 2.23. The molecule has 0 fully saturated rings. The highest BCUT2D eigenvalue weighted by atomic mass is 19.1. The Bertz CT molecular complexity index is 744. The van der Waals surface area contributed by atoms with Gasteiger partial charge in [-0.3, -0.25) is 5.32 Å². The third-order valence-electron chi connectivity index (χ3n) is 3.98. The molecule has 2 aromatic carbocycles. The first kappa shape index (κ1) is 17.8. The molecule has 0 heterocycles. The second-order valence-electron chi connectivity index (χ2n) is 5.57. The van der Waals surface area contributed by atoms with Crippen LogP contribution in [0.15, 0.2) is 30.3 Å². The lowest BCUT2D eigenvalue weighted by Gasteiger charge is -2.15. The molecule has 0 aliphatic heterocycles. The molecule has 0 aliphatic rings. The van der Waals surface area contributed by atoms with Gasteiger partial charge in [-0.15, -0.1) is 0 Å². The number of methoxy groups -OCH3 is 1. The van der Waals surface area contributed by atoms with Crippen LogP contribution in [0.5, 0.6) is 5.75 Å². The minimum absolute atomic E-state index is 0.147. The Morgan fingerprint density at radius 2 is 1.96 bits per heavy atom. The van der Waals surface area contributed by atoms with E-state index in [1.54, 1.807) is 12.1 Å². The van der Waals surface area contributed by atoms with E-state index in [1.807, 2.05) is 32.9 Å². The fourth-order valence-corrected chi connectivity index (χ4v) is 2.51. The summed E-state index contributed by atoms with van der Waals surface area (Å²) in [5.74, 6) is -0.175. The van der Waals surface area contributed by atoms with Gasteiger partial charge in [0.25, 0.3) is 0 Å². The molecule has 1 N–H and O–H groups in total. The van der Waals surface area contributed by atoms with Crippen LogP contribution >= 0.6 is 0 Å². The van der Waals surface area contributed by atoms with Crippen molar-refractivity contribution in [3.05, 3.63) is 58.4 Å². The third kappa shape index (κ3) is 4.04. The van der Waals surface area contributed by atoms with Crippen molar-refractivity contribution in [2.24, 2.45) is 0 Å². The number of carbonyl (C=O) groups is 1. The molecule has 0 radical (unpaired) electrons. The highest BCUT2D eigenvalue weighted by molar-refractivity contribution is 5.85. The average Bonchev–Trinajstić information content (AvgIpc) is 2.56. The molecule has 0 atom stereocenters. The molecule has 0 saturated heterocycles. The molecule has 0 aliphatic carbocycles. The molecule has 0 aromatic heterocycles. The van der Waals surface area contributed by atoms with Crippen molar-refractivity contribution in [2.75, 3.05) is 12.4 Å². The molecular formula is C19H22FNO3. The normalized spacial score (nSPS) is 10.4. The van der Waals surface area contributed by atoms with E-state index in [1.165, 1.54) is 13.2 Å². The zero-order chi connectivity index (χ0) is 17.7. The maximum Gasteiger partial charge on any atom is 0.411 e. The van der Waals surface area contributed by atoms with Crippen molar-refractivity contribution in [1.82, 2.24) is 0 Å². The fraction of sp³-hybridized carbons (Fsp3) is 0.316. The summed E-state index contributed by atoms with van der Waals surface area (Å²) in [7, 11) is 1.30. The summed E-state index contributed by atoms with van der Waals surface area (Å²) >= 11 is 0. The van der Waals surface area contributed by atoms with E-state index in [4.69, 9.17) is 4.74 Å². The van der Waals surface area contributed by atoms with Gasteiger partial charge >= 0.3 is 6.09 Å². The topological polar surface area (TPSA) is 47.6 Å². The minimum atomic E-state index is -0.559. The molecule has 0 unspecified atom stereocenters. The molecule has 24 heavy (non-hydrogen) atoms. The molecular weight excluding hydrogens is 309 g/mol. The lowest BCUT2D eigenvalue weighted by atomic mass is 10.1. The first-order chi connectivity index (χ1) is 11.5. The predicted molar refractivity (Wildman–Crippen MR) is 92.1 cm³/mol. The van der Waals surface area contributed by atoms with Crippen LogP contribution in [0.2, 0.25) is 0 Å². The first-order valence-electron chi connectivity index (χ1n) is 7.81. The number of rotatable bonds is 5. The van der Waals surface area contributed by atoms with E-state index in [-0.39, 0.29) is 18.2 Å². The number of hydrogen-bond acceptors (Lipinski definition) is 3. The molecule has 128 valence electrons. The van der Waals surface area contributed by atoms with Gasteiger partial charge in [0, 0.05) is 5.56 Å². The number of nitrogens with one attached hydrogen (secondary N) is 1. The van der Waals surface area contributed by atoms with Crippen molar-refractivity contribution in [2.45, 2.75) is 33.8 Å². The molecule has 4 nitrogen and oxygen atoms in total. The van der Waals surface area contributed by atoms with E-state index in [0.29, 0.717) is 5.69 Å². The smallest absolute Gasteiger partial charge is 0.411 e. The van der Waals surface area contributed by atoms with Crippen LogP contribution in [-0.2, 0) is 17.8 Å². The molecule has 0 saturated carbocycles. The number of benzene rings is 2. The number of aryl methyl sites for hydroxylation is 3. The van der Waals surface area contributed by atoms with Gasteiger partial charge in [-0.2, -0.15) is 0 Å². The first-order valence-corrected chi connectivity index (χ1v) is 7.81. The van der Waals surface area contributed by atoms with E-state index in [2.05, 4.69) is 10.1 Å². The zero-order valence-electron chi connectivity index (χ0n) is 14.4. The Morgan fingerprint density at radius 1 is 1.21 bits per heavy atom. The standard InChI is InChI=1S/C19H22FNO3/c1-5-14-10-16(20)18(9-13(14)3)24-11-15-12(2)7-6-8-17(15)21-19(22)23-4/h6-10H,5,11H2,1-4H3,(H,21,22). The van der Waals surface area contributed by atoms with Crippen molar-refractivity contribution in [3.8, 4) is 5.75 Å². The fourth-order valence-electron chi connectivity index (χ4n) is 2.51. The summed E-state index contributed by atoms with van der Waals surface area (Å²) in [5.41, 5.74) is 4.25. The van der Waals surface area contributed by atoms with E-state index in [9.17, 15) is 9.18 Å². The summed E-state index contributed by atoms with van der Waals surface area (Å²) in [5, 5.41) is 2.65. The van der Waals surface area contributed by atoms with Crippen LogP contribution < -0.4 is 10.1 Å². The number of hydrogen-bond donors (Lipinski definition) is 1. The van der Waals surface area contributed by atoms with Crippen LogP contribution in [0.3, 0.4) is 0 Å². The lowest BCUT2D eigenvalue weighted by molar-refractivity contribution is 0.187. The van der Waals surface area contributed by atoms with Crippen LogP contribution in [0.25, 0.3) is 0 Å². The summed E-state index contributed by atoms with van der Waals surface area (Å²) in [4.78, 5) is 11.5. The number of ether oxygens (including phenoxy) is 2. The second kappa shape index (κ2) is 7.81. The number of amides is 1. The van der Waals surface area contributed by atoms with Gasteiger partial charge in [0.15, 0.2) is 11.6 Å². The van der Waals surface area contributed by atoms with Crippen molar-refractivity contribution in [1.29, 1.82) is 0 Å². The maximum absolute atomic E-state index is 14.2. The van der Waals surface area contributed by atoms with Crippen LogP contribution in [0.1, 0.15) is 29.2 Å². The molecule has 5 heteroatoms. The van der Waals surface area contributed by atoms with Crippen molar-refractivity contribution in [3.63, 3.8) is 0 Å². The van der Waals surface area contributed by atoms with Gasteiger partial charge in [0.1, 0.15) is 6.61 Å². The highest BCUT2D eigenvalue weighted by Gasteiger charge is 2.12. The van der Waals surface area contributed by atoms with E-state index in [0.717, 1.165) is 28.7 Å². The number of anilines is 1.